The minimum absolute atomic E-state index is 0.0233. The van der Waals surface area contributed by atoms with Crippen LogP contribution in [0, 0.1) is 36.5 Å². The van der Waals surface area contributed by atoms with E-state index in [1.54, 1.807) is 30.3 Å². The molecule has 0 saturated carbocycles. The number of aromatic nitrogens is 1. The van der Waals surface area contributed by atoms with E-state index in [0.717, 1.165) is 29.9 Å². The Bertz CT molecular complexity index is 906. The standard InChI is InChI=1S/C21H21N3O2/c1-4-10-24-15(2)12-20(16(24)3)21(25)18(14-23)13-17-5-7-19(8-6-17)26-11-9-22/h5-8,12-13H,4,10-11H2,1-3H3/b18-13+. The monoisotopic (exact) mass is 347 g/mol. The van der Waals surface area contributed by atoms with Gasteiger partial charge in [0.25, 0.3) is 0 Å². The molecule has 0 unspecified atom stereocenters. The van der Waals surface area contributed by atoms with Crippen LogP contribution in [0.25, 0.3) is 6.08 Å². The minimum Gasteiger partial charge on any atom is -0.479 e. The van der Waals surface area contributed by atoms with E-state index in [9.17, 15) is 10.1 Å². The molecule has 0 aliphatic carbocycles. The Kier molecular flexibility index (Phi) is 6.36. The molecule has 26 heavy (non-hydrogen) atoms. The SMILES string of the molecule is CCCn1c(C)cc(C(=O)/C(C#N)=C/c2ccc(OCC#N)cc2)c1C. The highest BCUT2D eigenvalue weighted by molar-refractivity contribution is 6.14. The number of ketones is 1. The second-order valence-corrected chi connectivity index (χ2v) is 5.95. The lowest BCUT2D eigenvalue weighted by atomic mass is 10.0. The normalized spacial score (nSPS) is 10.9. The van der Waals surface area contributed by atoms with Crippen molar-refractivity contribution in [1.29, 1.82) is 10.5 Å². The molecule has 132 valence electrons. The fourth-order valence-electron chi connectivity index (χ4n) is 2.83. The maximum Gasteiger partial charge on any atom is 0.205 e. The Balaban J connectivity index is 2.29. The zero-order chi connectivity index (χ0) is 19.1. The molecule has 0 N–H and O–H groups in total. The number of aryl methyl sites for hydroxylation is 1. The summed E-state index contributed by atoms with van der Waals surface area (Å²) in [5, 5.41) is 18.0. The molecular formula is C21H21N3O2. The molecule has 0 bridgehead atoms. The van der Waals surface area contributed by atoms with Crippen LogP contribution in [0.2, 0.25) is 0 Å². The first-order chi connectivity index (χ1) is 12.5. The van der Waals surface area contributed by atoms with Gasteiger partial charge < -0.3 is 9.30 Å². The highest BCUT2D eigenvalue weighted by atomic mass is 16.5. The average molecular weight is 347 g/mol. The minimum atomic E-state index is -0.271. The second kappa shape index (κ2) is 8.69. The number of ether oxygens (including phenoxy) is 1. The molecule has 2 rings (SSSR count). The van der Waals surface area contributed by atoms with Gasteiger partial charge >= 0.3 is 0 Å². The largest absolute Gasteiger partial charge is 0.479 e. The van der Waals surface area contributed by atoms with Gasteiger partial charge in [-0.1, -0.05) is 19.1 Å². The number of Topliss-reactive ketones (excluding diaryl/α,β-unsaturated/α-hetero) is 1. The highest BCUT2D eigenvalue weighted by Gasteiger charge is 2.19. The Morgan fingerprint density at radius 1 is 1.23 bits per heavy atom. The van der Waals surface area contributed by atoms with Crippen molar-refractivity contribution >= 4 is 11.9 Å². The van der Waals surface area contributed by atoms with E-state index in [1.165, 1.54) is 0 Å². The molecule has 5 nitrogen and oxygen atoms in total. The predicted octanol–water partition coefficient (Wildman–Crippen LogP) is 4.21. The lowest BCUT2D eigenvalue weighted by Crippen LogP contribution is -2.06. The summed E-state index contributed by atoms with van der Waals surface area (Å²) in [5.41, 5.74) is 3.28. The third-order valence-electron chi connectivity index (χ3n) is 4.13. The van der Waals surface area contributed by atoms with E-state index in [4.69, 9.17) is 10.00 Å². The first-order valence-electron chi connectivity index (χ1n) is 8.44. The molecule has 5 heteroatoms. The van der Waals surface area contributed by atoms with Crippen LogP contribution in [-0.2, 0) is 6.54 Å². The van der Waals surface area contributed by atoms with Gasteiger partial charge in [-0.15, -0.1) is 0 Å². The number of hydrogen-bond acceptors (Lipinski definition) is 4. The molecule has 2 aromatic rings. The smallest absolute Gasteiger partial charge is 0.205 e. The van der Waals surface area contributed by atoms with Gasteiger partial charge in [-0.2, -0.15) is 10.5 Å². The van der Waals surface area contributed by atoms with Gasteiger partial charge in [0, 0.05) is 23.5 Å². The van der Waals surface area contributed by atoms with Gasteiger partial charge in [-0.25, -0.2) is 0 Å². The summed E-state index contributed by atoms with van der Waals surface area (Å²) in [6, 6.07) is 12.7. The van der Waals surface area contributed by atoms with Crippen molar-refractivity contribution in [2.45, 2.75) is 33.7 Å². The first-order valence-corrected chi connectivity index (χ1v) is 8.44. The maximum atomic E-state index is 12.8. The van der Waals surface area contributed by atoms with Crippen molar-refractivity contribution < 1.29 is 9.53 Å². The average Bonchev–Trinajstić information content (AvgIpc) is 2.93. The Morgan fingerprint density at radius 3 is 2.50 bits per heavy atom. The molecule has 0 atom stereocenters. The third kappa shape index (κ3) is 4.20. The Morgan fingerprint density at radius 2 is 1.92 bits per heavy atom. The predicted molar refractivity (Wildman–Crippen MR) is 99.7 cm³/mol. The molecule has 1 aromatic heterocycles. The van der Waals surface area contributed by atoms with Crippen molar-refractivity contribution in [3.05, 3.63) is 58.4 Å². The molecule has 0 radical (unpaired) electrons. The Labute approximate surface area is 153 Å². The molecular weight excluding hydrogens is 326 g/mol. The van der Waals surface area contributed by atoms with Gasteiger partial charge in [-0.3, -0.25) is 4.79 Å². The molecule has 1 aromatic carbocycles. The number of carbonyl (C=O) groups is 1. The van der Waals surface area contributed by atoms with E-state index in [2.05, 4.69) is 11.5 Å². The van der Waals surface area contributed by atoms with Crippen LogP contribution in [-0.4, -0.2) is 17.0 Å². The quantitative estimate of drug-likeness (QED) is 0.427. The van der Waals surface area contributed by atoms with E-state index >= 15 is 0 Å². The van der Waals surface area contributed by atoms with Crippen LogP contribution < -0.4 is 4.74 Å². The van der Waals surface area contributed by atoms with E-state index in [0.29, 0.717) is 11.3 Å². The van der Waals surface area contributed by atoms with Crippen molar-refractivity contribution in [1.82, 2.24) is 4.57 Å². The van der Waals surface area contributed by atoms with Gasteiger partial charge in [0.15, 0.2) is 6.61 Å². The van der Waals surface area contributed by atoms with E-state index in [1.807, 2.05) is 32.1 Å². The summed E-state index contributed by atoms with van der Waals surface area (Å²) in [7, 11) is 0. The van der Waals surface area contributed by atoms with Crippen molar-refractivity contribution in [2.24, 2.45) is 0 Å². The van der Waals surface area contributed by atoms with E-state index in [-0.39, 0.29) is 18.0 Å². The summed E-state index contributed by atoms with van der Waals surface area (Å²) in [6.45, 7) is 6.79. The van der Waals surface area contributed by atoms with Gasteiger partial charge in [0.05, 0.1) is 0 Å². The number of carbonyl (C=O) groups excluding carboxylic acids is 1. The highest BCUT2D eigenvalue weighted by Crippen LogP contribution is 2.21. The summed E-state index contributed by atoms with van der Waals surface area (Å²) in [4.78, 5) is 12.8. The number of hydrogen-bond donors (Lipinski definition) is 0. The fraction of sp³-hybridized carbons (Fsp3) is 0.286. The second-order valence-electron chi connectivity index (χ2n) is 5.95. The summed E-state index contributed by atoms with van der Waals surface area (Å²) < 4.78 is 7.30. The zero-order valence-electron chi connectivity index (χ0n) is 15.2. The molecule has 0 aliphatic rings. The summed E-state index contributed by atoms with van der Waals surface area (Å²) in [5.74, 6) is 0.296. The van der Waals surface area contributed by atoms with E-state index < -0.39 is 0 Å². The third-order valence-corrected chi connectivity index (χ3v) is 4.13. The van der Waals surface area contributed by atoms with Crippen LogP contribution in [0.3, 0.4) is 0 Å². The van der Waals surface area contributed by atoms with Crippen LogP contribution in [0.1, 0.15) is 40.7 Å². The number of nitriles is 2. The number of rotatable bonds is 7. The lowest BCUT2D eigenvalue weighted by Gasteiger charge is -2.07. The molecule has 0 saturated heterocycles. The van der Waals surface area contributed by atoms with Gasteiger partial charge in [0.1, 0.15) is 23.5 Å². The molecule has 0 spiro atoms. The van der Waals surface area contributed by atoms with Crippen molar-refractivity contribution in [3.8, 4) is 17.9 Å². The molecule has 0 amide bonds. The van der Waals surface area contributed by atoms with Gasteiger partial charge in [0.2, 0.25) is 5.78 Å². The summed E-state index contributed by atoms with van der Waals surface area (Å²) in [6.07, 6.45) is 2.55. The number of nitrogens with zero attached hydrogens (tertiary/aromatic N) is 3. The van der Waals surface area contributed by atoms with Crippen LogP contribution in [0.4, 0.5) is 0 Å². The molecule has 0 fully saturated rings. The number of allylic oxidation sites excluding steroid dienone is 1. The van der Waals surface area contributed by atoms with Gasteiger partial charge in [-0.05, 0) is 50.1 Å². The number of benzene rings is 1. The lowest BCUT2D eigenvalue weighted by molar-refractivity contribution is 0.103. The summed E-state index contributed by atoms with van der Waals surface area (Å²) >= 11 is 0. The maximum absolute atomic E-state index is 12.8. The van der Waals surface area contributed by atoms with Crippen molar-refractivity contribution in [2.75, 3.05) is 6.61 Å². The van der Waals surface area contributed by atoms with Crippen LogP contribution in [0.15, 0.2) is 35.9 Å². The van der Waals surface area contributed by atoms with Crippen LogP contribution in [0.5, 0.6) is 5.75 Å². The zero-order valence-corrected chi connectivity index (χ0v) is 15.2. The topological polar surface area (TPSA) is 78.8 Å². The molecule has 1 heterocycles. The molecule has 0 aliphatic heterocycles. The van der Waals surface area contributed by atoms with Crippen LogP contribution >= 0.6 is 0 Å². The Hall–Kier alpha value is -3.31. The first kappa shape index (κ1) is 19.0. The fourth-order valence-corrected chi connectivity index (χ4v) is 2.83. The van der Waals surface area contributed by atoms with Crippen molar-refractivity contribution in [3.63, 3.8) is 0 Å².